The molecule has 1 aromatic rings. The summed E-state index contributed by atoms with van der Waals surface area (Å²) in [6.45, 7) is -0.356. The van der Waals surface area contributed by atoms with Gasteiger partial charge in [0.1, 0.15) is 6.54 Å². The van der Waals surface area contributed by atoms with Gasteiger partial charge in [0.2, 0.25) is 15.9 Å². The first-order valence-electron chi connectivity index (χ1n) is 8.86. The van der Waals surface area contributed by atoms with Crippen LogP contribution in [0.25, 0.3) is 0 Å². The maximum atomic E-state index is 12.6. The highest BCUT2D eigenvalue weighted by molar-refractivity contribution is 8.18. The molecule has 2 aliphatic rings. The number of imide groups is 1. The van der Waals surface area contributed by atoms with Crippen molar-refractivity contribution in [1.29, 1.82) is 0 Å². The summed E-state index contributed by atoms with van der Waals surface area (Å²) in [5.41, 5.74) is 1.82. The first-order chi connectivity index (χ1) is 13.2. The van der Waals surface area contributed by atoms with Gasteiger partial charge < -0.3 is 5.32 Å². The number of nitrogens with zero attached hydrogens (tertiary/aromatic N) is 1. The second-order valence-electron chi connectivity index (χ2n) is 6.75. The van der Waals surface area contributed by atoms with Crippen LogP contribution in [0.3, 0.4) is 0 Å². The number of benzene rings is 1. The van der Waals surface area contributed by atoms with Crippen molar-refractivity contribution in [2.45, 2.75) is 32.1 Å². The zero-order valence-corrected chi connectivity index (χ0v) is 17.0. The highest BCUT2D eigenvalue weighted by Gasteiger charge is 2.38. The molecule has 3 rings (SSSR count). The fourth-order valence-corrected chi connectivity index (χ4v) is 4.68. The van der Waals surface area contributed by atoms with E-state index in [1.807, 2.05) is 0 Å². The van der Waals surface area contributed by atoms with Crippen LogP contribution < -0.4 is 10.0 Å². The SMILES string of the molecule is CS(=O)(=O)Nc1ccc(NC(=O)CN2C(=O)SC(=C3CCCCC3)C2=O)cc1. The number of thioether (sulfide) groups is 1. The van der Waals surface area contributed by atoms with Crippen molar-refractivity contribution in [3.63, 3.8) is 0 Å². The van der Waals surface area contributed by atoms with Crippen molar-refractivity contribution in [2.24, 2.45) is 0 Å². The lowest BCUT2D eigenvalue weighted by atomic mass is 9.94. The lowest BCUT2D eigenvalue weighted by Gasteiger charge is -2.16. The first-order valence-corrected chi connectivity index (χ1v) is 11.6. The van der Waals surface area contributed by atoms with Crippen molar-refractivity contribution >= 4 is 50.2 Å². The molecule has 1 aromatic carbocycles. The maximum absolute atomic E-state index is 12.6. The van der Waals surface area contributed by atoms with E-state index < -0.39 is 27.1 Å². The molecule has 1 heterocycles. The second-order valence-corrected chi connectivity index (χ2v) is 9.46. The van der Waals surface area contributed by atoms with Crippen molar-refractivity contribution in [3.05, 3.63) is 34.7 Å². The van der Waals surface area contributed by atoms with Crippen LogP contribution in [0.15, 0.2) is 34.7 Å². The minimum Gasteiger partial charge on any atom is -0.325 e. The number of carbonyl (C=O) groups is 3. The van der Waals surface area contributed by atoms with Gasteiger partial charge in [-0.2, -0.15) is 0 Å². The Hall–Kier alpha value is -2.33. The molecule has 150 valence electrons. The highest BCUT2D eigenvalue weighted by Crippen LogP contribution is 2.38. The Morgan fingerprint density at radius 1 is 1.07 bits per heavy atom. The van der Waals surface area contributed by atoms with Gasteiger partial charge in [0.25, 0.3) is 11.1 Å². The van der Waals surface area contributed by atoms with Gasteiger partial charge in [-0.15, -0.1) is 0 Å². The van der Waals surface area contributed by atoms with Crippen LogP contribution in [0.4, 0.5) is 16.2 Å². The van der Waals surface area contributed by atoms with Gasteiger partial charge in [-0.3, -0.25) is 24.0 Å². The van der Waals surface area contributed by atoms with E-state index >= 15 is 0 Å². The molecule has 0 radical (unpaired) electrons. The summed E-state index contributed by atoms with van der Waals surface area (Å²) in [5, 5.41) is 2.18. The van der Waals surface area contributed by atoms with Gasteiger partial charge in [0.15, 0.2) is 0 Å². The summed E-state index contributed by atoms with van der Waals surface area (Å²) in [7, 11) is -3.38. The summed E-state index contributed by atoms with van der Waals surface area (Å²) in [5.74, 6) is -0.893. The van der Waals surface area contributed by atoms with Gasteiger partial charge in [-0.1, -0.05) is 12.0 Å². The molecule has 0 unspecified atom stereocenters. The van der Waals surface area contributed by atoms with Crippen molar-refractivity contribution in [1.82, 2.24) is 4.90 Å². The zero-order chi connectivity index (χ0) is 20.3. The number of anilines is 2. The van der Waals surface area contributed by atoms with Crippen LogP contribution in [0.1, 0.15) is 32.1 Å². The molecule has 1 aliphatic carbocycles. The Balaban J connectivity index is 1.61. The van der Waals surface area contributed by atoms with Gasteiger partial charge in [-0.25, -0.2) is 8.42 Å². The molecular weight excluding hydrogens is 402 g/mol. The van der Waals surface area contributed by atoms with E-state index in [1.54, 1.807) is 0 Å². The topological polar surface area (TPSA) is 113 Å². The largest absolute Gasteiger partial charge is 0.325 e. The maximum Gasteiger partial charge on any atom is 0.294 e. The van der Waals surface area contributed by atoms with Gasteiger partial charge in [0, 0.05) is 11.4 Å². The summed E-state index contributed by atoms with van der Waals surface area (Å²) in [6.07, 6.45) is 5.87. The highest BCUT2D eigenvalue weighted by atomic mass is 32.2. The average molecular weight is 424 g/mol. The lowest BCUT2D eigenvalue weighted by Crippen LogP contribution is -2.36. The minimum absolute atomic E-state index is 0.356. The number of rotatable bonds is 5. The lowest BCUT2D eigenvalue weighted by molar-refractivity contribution is -0.127. The predicted molar refractivity (Wildman–Crippen MR) is 108 cm³/mol. The molecule has 1 saturated carbocycles. The number of nitrogens with one attached hydrogen (secondary N) is 2. The van der Waals surface area contributed by atoms with E-state index in [1.165, 1.54) is 24.3 Å². The van der Waals surface area contributed by atoms with Crippen molar-refractivity contribution in [2.75, 3.05) is 22.8 Å². The molecular formula is C18H21N3O5S2. The minimum atomic E-state index is -3.38. The molecule has 10 heteroatoms. The summed E-state index contributed by atoms with van der Waals surface area (Å²) in [6, 6.07) is 6.07. The number of amides is 3. The van der Waals surface area contributed by atoms with Crippen molar-refractivity contribution < 1.29 is 22.8 Å². The monoisotopic (exact) mass is 423 g/mol. The Morgan fingerprint density at radius 3 is 2.29 bits per heavy atom. The fraction of sp³-hybridized carbons (Fsp3) is 0.389. The van der Waals surface area contributed by atoms with E-state index in [4.69, 9.17) is 0 Å². The van der Waals surface area contributed by atoms with E-state index in [0.717, 1.165) is 60.6 Å². The van der Waals surface area contributed by atoms with Crippen LogP contribution in [0.5, 0.6) is 0 Å². The Bertz CT molecular complexity index is 930. The third-order valence-corrected chi connectivity index (χ3v) is 6.07. The second kappa shape index (κ2) is 8.36. The van der Waals surface area contributed by atoms with Gasteiger partial charge >= 0.3 is 0 Å². The third-order valence-electron chi connectivity index (χ3n) is 4.40. The normalized spacial score (nSPS) is 17.8. The quantitative estimate of drug-likeness (QED) is 0.704. The molecule has 28 heavy (non-hydrogen) atoms. The molecule has 1 aliphatic heterocycles. The zero-order valence-electron chi connectivity index (χ0n) is 15.4. The molecule has 0 aromatic heterocycles. The Kier molecular flexibility index (Phi) is 6.09. The van der Waals surface area contributed by atoms with Crippen LogP contribution in [-0.4, -0.2) is 43.2 Å². The van der Waals surface area contributed by atoms with E-state index in [9.17, 15) is 22.8 Å². The molecule has 2 fully saturated rings. The smallest absolute Gasteiger partial charge is 0.294 e. The Morgan fingerprint density at radius 2 is 1.68 bits per heavy atom. The molecule has 3 amide bonds. The standard InChI is InChI=1S/C18H21N3O5S2/c1-28(25,26)20-14-9-7-13(8-10-14)19-15(22)11-21-17(23)16(27-18(21)24)12-5-3-2-4-6-12/h7-10,20H,2-6,11H2,1H3,(H,19,22). The van der Waals surface area contributed by atoms with E-state index in [2.05, 4.69) is 10.0 Å². The fourth-order valence-electron chi connectivity index (χ4n) is 3.14. The molecule has 8 nitrogen and oxygen atoms in total. The molecule has 0 spiro atoms. The summed E-state index contributed by atoms with van der Waals surface area (Å²) >= 11 is 0.916. The molecule has 2 N–H and O–H groups in total. The van der Waals surface area contributed by atoms with E-state index in [0.29, 0.717) is 16.3 Å². The number of carbonyl (C=O) groups excluding carboxylic acids is 3. The summed E-state index contributed by atoms with van der Waals surface area (Å²) in [4.78, 5) is 38.5. The molecule has 0 atom stereocenters. The number of sulfonamides is 1. The third kappa shape index (κ3) is 5.14. The summed E-state index contributed by atoms with van der Waals surface area (Å²) < 4.78 is 24.7. The average Bonchev–Trinajstić information content (AvgIpc) is 2.91. The first kappa shape index (κ1) is 20.4. The number of allylic oxidation sites excluding steroid dienone is 1. The van der Waals surface area contributed by atoms with Crippen LogP contribution in [0.2, 0.25) is 0 Å². The number of hydrogen-bond acceptors (Lipinski definition) is 6. The Labute approximate surface area is 167 Å². The molecule has 0 bridgehead atoms. The van der Waals surface area contributed by atoms with Crippen LogP contribution in [-0.2, 0) is 19.6 Å². The molecule has 1 saturated heterocycles. The van der Waals surface area contributed by atoms with Gasteiger partial charge in [0.05, 0.1) is 11.2 Å². The van der Waals surface area contributed by atoms with Crippen LogP contribution >= 0.6 is 11.8 Å². The van der Waals surface area contributed by atoms with Crippen molar-refractivity contribution in [3.8, 4) is 0 Å². The number of hydrogen-bond donors (Lipinski definition) is 2. The van der Waals surface area contributed by atoms with E-state index in [-0.39, 0.29) is 6.54 Å². The van der Waals surface area contributed by atoms with Crippen LogP contribution in [0, 0.1) is 0 Å². The predicted octanol–water partition coefficient (Wildman–Crippen LogP) is 2.91. The van der Waals surface area contributed by atoms with Gasteiger partial charge in [-0.05, 0) is 61.7 Å².